The van der Waals surface area contributed by atoms with Crippen LogP contribution in [0.4, 0.5) is 0 Å². The Labute approximate surface area is 95.7 Å². The Morgan fingerprint density at radius 2 is 2.25 bits per heavy atom. The van der Waals surface area contributed by atoms with Crippen LogP contribution in [0.3, 0.4) is 0 Å². The second kappa shape index (κ2) is 5.69. The van der Waals surface area contributed by atoms with Crippen LogP contribution in [0, 0.1) is 0 Å². The first kappa shape index (κ1) is 12.8. The number of carbonyl (C=O) groups excluding carboxylic acids is 1. The SMILES string of the molecule is CC1CN(C)CCCN1C(=O)CC(N)=NO. The zero-order valence-electron chi connectivity index (χ0n) is 9.89. The van der Waals surface area contributed by atoms with E-state index in [1.807, 2.05) is 18.9 Å². The first-order chi connectivity index (χ1) is 7.54. The maximum Gasteiger partial charge on any atom is 0.230 e. The normalized spacial score (nSPS) is 24.2. The van der Waals surface area contributed by atoms with E-state index in [0.29, 0.717) is 0 Å². The summed E-state index contributed by atoms with van der Waals surface area (Å²) >= 11 is 0. The fourth-order valence-corrected chi connectivity index (χ4v) is 2.03. The van der Waals surface area contributed by atoms with Crippen LogP contribution in [0.2, 0.25) is 0 Å². The molecule has 1 aliphatic rings. The van der Waals surface area contributed by atoms with Gasteiger partial charge < -0.3 is 20.7 Å². The molecule has 0 bridgehead atoms. The molecule has 0 radical (unpaired) electrons. The molecule has 0 spiro atoms. The number of carbonyl (C=O) groups is 1. The molecule has 0 aromatic carbocycles. The molecule has 0 aromatic heterocycles. The summed E-state index contributed by atoms with van der Waals surface area (Å²) in [5.41, 5.74) is 5.33. The van der Waals surface area contributed by atoms with Crippen molar-refractivity contribution < 1.29 is 10.0 Å². The van der Waals surface area contributed by atoms with Gasteiger partial charge in [-0.3, -0.25) is 4.79 Å². The van der Waals surface area contributed by atoms with Gasteiger partial charge in [0.2, 0.25) is 5.91 Å². The molecule has 1 atom stereocenters. The summed E-state index contributed by atoms with van der Waals surface area (Å²) in [5, 5.41) is 11.3. The molecule has 3 N–H and O–H groups in total. The molecule has 6 nitrogen and oxygen atoms in total. The number of amides is 1. The van der Waals surface area contributed by atoms with Crippen molar-refractivity contribution in [1.82, 2.24) is 9.80 Å². The topological polar surface area (TPSA) is 82.2 Å². The summed E-state index contributed by atoms with van der Waals surface area (Å²) in [6.07, 6.45) is 0.952. The fraction of sp³-hybridized carbons (Fsp3) is 0.800. The number of hydrogen-bond acceptors (Lipinski definition) is 4. The van der Waals surface area contributed by atoms with Gasteiger partial charge in [0.1, 0.15) is 5.84 Å². The van der Waals surface area contributed by atoms with Crippen molar-refractivity contribution in [3.05, 3.63) is 0 Å². The molecule has 1 fully saturated rings. The Morgan fingerprint density at radius 3 is 2.88 bits per heavy atom. The summed E-state index contributed by atoms with van der Waals surface area (Å²) in [6, 6.07) is 0.173. The van der Waals surface area contributed by atoms with Gasteiger partial charge in [0.15, 0.2) is 0 Å². The van der Waals surface area contributed by atoms with Gasteiger partial charge in [-0.05, 0) is 26.9 Å². The minimum atomic E-state index is -0.0712. The second-order valence-corrected chi connectivity index (χ2v) is 4.32. The Balaban J connectivity index is 2.60. The molecular weight excluding hydrogens is 208 g/mol. The number of nitrogens with zero attached hydrogens (tertiary/aromatic N) is 3. The molecule has 0 aliphatic carbocycles. The molecule has 6 heteroatoms. The van der Waals surface area contributed by atoms with E-state index in [9.17, 15) is 4.79 Å². The predicted molar refractivity (Wildman–Crippen MR) is 61.3 cm³/mol. The van der Waals surface area contributed by atoms with E-state index < -0.39 is 0 Å². The lowest BCUT2D eigenvalue weighted by atomic mass is 10.2. The van der Waals surface area contributed by atoms with Crippen molar-refractivity contribution in [3.63, 3.8) is 0 Å². The van der Waals surface area contributed by atoms with Crippen molar-refractivity contribution in [3.8, 4) is 0 Å². The van der Waals surface area contributed by atoms with Crippen LogP contribution in [0.5, 0.6) is 0 Å². The Bertz CT molecular complexity index is 280. The average molecular weight is 228 g/mol. The largest absolute Gasteiger partial charge is 0.409 e. The number of oxime groups is 1. The smallest absolute Gasteiger partial charge is 0.230 e. The van der Waals surface area contributed by atoms with Gasteiger partial charge in [-0.2, -0.15) is 0 Å². The highest BCUT2D eigenvalue weighted by atomic mass is 16.4. The molecule has 1 saturated heterocycles. The number of rotatable bonds is 2. The van der Waals surface area contributed by atoms with E-state index in [2.05, 4.69) is 10.1 Å². The summed E-state index contributed by atoms with van der Waals surface area (Å²) in [4.78, 5) is 15.9. The molecule has 16 heavy (non-hydrogen) atoms. The average Bonchev–Trinajstić information content (AvgIpc) is 2.38. The number of amidine groups is 1. The summed E-state index contributed by atoms with van der Waals surface area (Å²) in [6.45, 7) is 4.62. The molecular formula is C10H20N4O2. The Kier molecular flexibility index (Phi) is 4.54. The van der Waals surface area contributed by atoms with Gasteiger partial charge in [-0.15, -0.1) is 0 Å². The van der Waals surface area contributed by atoms with Gasteiger partial charge in [-0.25, -0.2) is 0 Å². The Morgan fingerprint density at radius 1 is 1.56 bits per heavy atom. The maximum absolute atomic E-state index is 11.9. The third-order valence-electron chi connectivity index (χ3n) is 2.83. The molecule has 1 amide bonds. The Hall–Kier alpha value is -1.30. The number of likely N-dealkylation sites (N-methyl/N-ethyl adjacent to an activating group) is 1. The highest BCUT2D eigenvalue weighted by Gasteiger charge is 2.24. The number of nitrogens with two attached hydrogens (primary N) is 1. The van der Waals surface area contributed by atoms with Crippen LogP contribution in [0.15, 0.2) is 5.16 Å². The van der Waals surface area contributed by atoms with Crippen molar-refractivity contribution >= 4 is 11.7 Å². The monoisotopic (exact) mass is 228 g/mol. The summed E-state index contributed by atoms with van der Waals surface area (Å²) in [5.74, 6) is -0.104. The van der Waals surface area contributed by atoms with Crippen molar-refractivity contribution in [2.75, 3.05) is 26.7 Å². The standard InChI is InChI=1S/C10H20N4O2/c1-8-7-13(2)4-3-5-14(8)10(15)6-9(11)12-16/h8,16H,3-7H2,1-2H3,(H2,11,12). The predicted octanol–water partition coefficient (Wildman–Crippen LogP) is -0.324. The zero-order valence-corrected chi connectivity index (χ0v) is 9.89. The van der Waals surface area contributed by atoms with Gasteiger partial charge in [0, 0.05) is 19.1 Å². The van der Waals surface area contributed by atoms with Gasteiger partial charge >= 0.3 is 0 Å². The van der Waals surface area contributed by atoms with E-state index >= 15 is 0 Å². The molecule has 1 aliphatic heterocycles. The van der Waals surface area contributed by atoms with E-state index in [0.717, 1.165) is 26.1 Å². The van der Waals surface area contributed by atoms with E-state index in [4.69, 9.17) is 10.9 Å². The summed E-state index contributed by atoms with van der Waals surface area (Å²) < 4.78 is 0. The quantitative estimate of drug-likeness (QED) is 0.293. The van der Waals surface area contributed by atoms with Crippen molar-refractivity contribution in [2.45, 2.75) is 25.8 Å². The second-order valence-electron chi connectivity index (χ2n) is 4.32. The molecule has 1 unspecified atom stereocenters. The third kappa shape index (κ3) is 3.37. The first-order valence-corrected chi connectivity index (χ1v) is 5.49. The van der Waals surface area contributed by atoms with Gasteiger partial charge in [0.25, 0.3) is 0 Å². The van der Waals surface area contributed by atoms with E-state index in [-0.39, 0.29) is 24.2 Å². The first-order valence-electron chi connectivity index (χ1n) is 5.49. The minimum Gasteiger partial charge on any atom is -0.409 e. The van der Waals surface area contributed by atoms with E-state index in [1.165, 1.54) is 0 Å². The van der Waals surface area contributed by atoms with Crippen LogP contribution in [0.25, 0.3) is 0 Å². The minimum absolute atomic E-state index is 0.00937. The molecule has 1 heterocycles. The van der Waals surface area contributed by atoms with Crippen LogP contribution < -0.4 is 5.73 Å². The number of hydrogen-bond donors (Lipinski definition) is 2. The fourth-order valence-electron chi connectivity index (χ4n) is 2.03. The molecule has 1 rings (SSSR count). The summed E-state index contributed by atoms with van der Waals surface area (Å²) in [7, 11) is 2.05. The third-order valence-corrected chi connectivity index (χ3v) is 2.83. The van der Waals surface area contributed by atoms with Crippen molar-refractivity contribution in [2.24, 2.45) is 10.9 Å². The molecule has 0 aromatic rings. The van der Waals surface area contributed by atoms with Crippen LogP contribution in [0.1, 0.15) is 19.8 Å². The lowest BCUT2D eigenvalue weighted by Gasteiger charge is -2.27. The van der Waals surface area contributed by atoms with Crippen LogP contribution in [-0.4, -0.2) is 59.5 Å². The lowest BCUT2D eigenvalue weighted by molar-refractivity contribution is -0.131. The molecule has 0 saturated carbocycles. The highest BCUT2D eigenvalue weighted by Crippen LogP contribution is 2.09. The lowest BCUT2D eigenvalue weighted by Crippen LogP contribution is -2.43. The van der Waals surface area contributed by atoms with E-state index in [1.54, 1.807) is 0 Å². The maximum atomic E-state index is 11.9. The zero-order chi connectivity index (χ0) is 12.1. The van der Waals surface area contributed by atoms with Crippen LogP contribution >= 0.6 is 0 Å². The van der Waals surface area contributed by atoms with Crippen LogP contribution in [-0.2, 0) is 4.79 Å². The van der Waals surface area contributed by atoms with Gasteiger partial charge in [0.05, 0.1) is 6.42 Å². The van der Waals surface area contributed by atoms with Crippen molar-refractivity contribution in [1.29, 1.82) is 0 Å². The highest BCUT2D eigenvalue weighted by molar-refractivity contribution is 5.98. The molecule has 92 valence electrons. The van der Waals surface area contributed by atoms with Gasteiger partial charge in [-0.1, -0.05) is 5.16 Å².